The second-order valence-electron chi connectivity index (χ2n) is 16.8. The number of piperidine rings is 1. The molecular weight excluding hydrogens is 626 g/mol. The minimum Gasteiger partial charge on any atom is -0.354 e. The van der Waals surface area contributed by atoms with Gasteiger partial charge in [-0.15, -0.1) is 0 Å². The number of rotatable bonds is 20. The zero-order chi connectivity index (χ0) is 37.4. The average molecular weight is 702 g/mol. The van der Waals surface area contributed by atoms with E-state index in [0.29, 0.717) is 25.1 Å². The van der Waals surface area contributed by atoms with E-state index in [1.54, 1.807) is 23.8 Å². The monoisotopic (exact) mass is 702 g/mol. The number of nitrogens with one attached hydrogen (secondary N) is 2. The Morgan fingerprint density at radius 3 is 1.94 bits per heavy atom. The van der Waals surface area contributed by atoms with Crippen LogP contribution in [-0.2, 0) is 19.2 Å². The fourth-order valence-electron chi connectivity index (χ4n) is 7.62. The van der Waals surface area contributed by atoms with Crippen LogP contribution in [0.15, 0.2) is 11.6 Å². The SMILES string of the molecule is CCCCCCCCCCCCNC(=O)[C@@H]1CCCN1C(=O)C(C)=C[C@H](C(C)C)N(C)C(=O)[C@@H](NC(=O)[C@H]1CCCCN1C(C)C)C(C)(C)C. The second kappa shape index (κ2) is 21.8. The third-order valence-electron chi connectivity index (χ3n) is 10.8. The largest absolute Gasteiger partial charge is 0.354 e. The number of likely N-dealkylation sites (tertiary alicyclic amines) is 2. The Morgan fingerprint density at radius 1 is 0.800 bits per heavy atom. The molecule has 2 heterocycles. The molecule has 288 valence electrons. The first-order chi connectivity index (χ1) is 23.6. The topological polar surface area (TPSA) is 102 Å². The van der Waals surface area contributed by atoms with Gasteiger partial charge >= 0.3 is 0 Å². The van der Waals surface area contributed by atoms with E-state index in [1.165, 1.54) is 51.4 Å². The molecule has 0 aromatic carbocycles. The fourth-order valence-corrected chi connectivity index (χ4v) is 7.62. The molecule has 0 unspecified atom stereocenters. The van der Waals surface area contributed by atoms with Gasteiger partial charge in [0.2, 0.25) is 23.6 Å². The zero-order valence-electron chi connectivity index (χ0n) is 33.7. The van der Waals surface area contributed by atoms with Gasteiger partial charge in [0.25, 0.3) is 0 Å². The lowest BCUT2D eigenvalue weighted by atomic mass is 9.84. The molecule has 2 saturated heterocycles. The number of carbonyl (C=O) groups is 4. The number of amides is 4. The number of carbonyl (C=O) groups excluding carboxylic acids is 4. The molecule has 0 radical (unpaired) electrons. The molecule has 2 rings (SSSR count). The van der Waals surface area contributed by atoms with E-state index in [-0.39, 0.29) is 47.7 Å². The lowest BCUT2D eigenvalue weighted by Crippen LogP contribution is -2.60. The van der Waals surface area contributed by atoms with Crippen molar-refractivity contribution in [2.24, 2.45) is 11.3 Å². The first-order valence-corrected chi connectivity index (χ1v) is 20.2. The molecular formula is C41H75N5O4. The van der Waals surface area contributed by atoms with E-state index in [4.69, 9.17) is 0 Å². The number of hydrogen-bond donors (Lipinski definition) is 2. The summed E-state index contributed by atoms with van der Waals surface area (Å²) in [6, 6.07) is -1.53. The van der Waals surface area contributed by atoms with Crippen LogP contribution in [0.1, 0.15) is 159 Å². The lowest BCUT2D eigenvalue weighted by Gasteiger charge is -2.41. The van der Waals surface area contributed by atoms with Gasteiger partial charge in [-0.2, -0.15) is 0 Å². The van der Waals surface area contributed by atoms with Crippen molar-refractivity contribution in [1.29, 1.82) is 0 Å². The summed E-state index contributed by atoms with van der Waals surface area (Å²) in [5, 5.41) is 6.25. The summed E-state index contributed by atoms with van der Waals surface area (Å²) in [5.41, 5.74) is 0.0159. The van der Waals surface area contributed by atoms with E-state index < -0.39 is 17.5 Å². The van der Waals surface area contributed by atoms with E-state index in [0.717, 1.165) is 45.1 Å². The molecule has 50 heavy (non-hydrogen) atoms. The van der Waals surface area contributed by atoms with Crippen LogP contribution in [0.3, 0.4) is 0 Å². The molecule has 0 spiro atoms. The molecule has 2 aliphatic rings. The number of unbranched alkanes of at least 4 members (excludes halogenated alkanes) is 9. The third kappa shape index (κ3) is 13.6. The van der Waals surface area contributed by atoms with Crippen molar-refractivity contribution >= 4 is 23.6 Å². The Bertz CT molecular complexity index is 1100. The smallest absolute Gasteiger partial charge is 0.249 e. The van der Waals surface area contributed by atoms with Crippen LogP contribution in [0.25, 0.3) is 0 Å². The molecule has 4 atom stereocenters. The summed E-state index contributed by atoms with van der Waals surface area (Å²) in [7, 11) is 1.77. The van der Waals surface area contributed by atoms with Crippen molar-refractivity contribution in [3.05, 3.63) is 11.6 Å². The molecule has 4 amide bonds. The maximum absolute atomic E-state index is 14.2. The van der Waals surface area contributed by atoms with E-state index >= 15 is 0 Å². The molecule has 9 heteroatoms. The highest BCUT2D eigenvalue weighted by Gasteiger charge is 2.40. The number of likely N-dealkylation sites (N-methyl/N-ethyl adjacent to an activating group) is 1. The first kappa shape index (κ1) is 43.7. The third-order valence-corrected chi connectivity index (χ3v) is 10.8. The highest BCUT2D eigenvalue weighted by atomic mass is 16.2. The molecule has 2 N–H and O–H groups in total. The summed E-state index contributed by atoms with van der Waals surface area (Å²) >= 11 is 0. The van der Waals surface area contributed by atoms with Gasteiger partial charge < -0.3 is 20.4 Å². The molecule has 2 fully saturated rings. The molecule has 0 aliphatic carbocycles. The Balaban J connectivity index is 2.01. The van der Waals surface area contributed by atoms with Gasteiger partial charge in [-0.05, 0) is 70.8 Å². The summed E-state index contributed by atoms with van der Waals surface area (Å²) < 4.78 is 0. The van der Waals surface area contributed by atoms with Crippen LogP contribution in [0, 0.1) is 11.3 Å². The standard InChI is InChI=1S/C41H75N5O4/c1-11-12-13-14-15-16-17-18-19-21-26-42-37(47)33-25-23-28-46(33)39(49)32(6)29-35(30(2)3)44(10)40(50)36(41(7,8)9)43-38(48)34-24-20-22-27-45(34)31(4)5/h29-31,33-36H,11-28H2,1-10H3,(H,42,47)(H,43,48)/t33-,34+,35+,36+/m0/s1. The van der Waals surface area contributed by atoms with Crippen molar-refractivity contribution in [2.75, 3.05) is 26.7 Å². The van der Waals surface area contributed by atoms with Crippen molar-refractivity contribution in [1.82, 2.24) is 25.3 Å². The van der Waals surface area contributed by atoms with E-state index in [9.17, 15) is 19.2 Å². The highest BCUT2D eigenvalue weighted by molar-refractivity contribution is 5.97. The number of nitrogens with zero attached hydrogens (tertiary/aromatic N) is 3. The zero-order valence-corrected chi connectivity index (χ0v) is 33.7. The Kier molecular flexibility index (Phi) is 19.1. The molecule has 0 aromatic rings. The summed E-state index contributed by atoms with van der Waals surface area (Å²) in [6.45, 7) is 20.4. The molecule has 0 saturated carbocycles. The summed E-state index contributed by atoms with van der Waals surface area (Å²) in [6.07, 6.45) is 18.7. The van der Waals surface area contributed by atoms with Gasteiger partial charge in [0, 0.05) is 31.8 Å². The predicted molar refractivity (Wildman–Crippen MR) is 206 cm³/mol. The van der Waals surface area contributed by atoms with E-state index in [2.05, 4.69) is 36.3 Å². The lowest BCUT2D eigenvalue weighted by molar-refractivity contribution is -0.142. The predicted octanol–water partition coefficient (Wildman–Crippen LogP) is 7.24. The summed E-state index contributed by atoms with van der Waals surface area (Å²) in [5.74, 6) is -0.450. The number of hydrogen-bond acceptors (Lipinski definition) is 5. The van der Waals surface area contributed by atoms with Crippen molar-refractivity contribution in [3.63, 3.8) is 0 Å². The highest BCUT2D eigenvalue weighted by Crippen LogP contribution is 2.27. The van der Waals surface area contributed by atoms with Gasteiger partial charge in [-0.1, -0.05) is 112 Å². The van der Waals surface area contributed by atoms with Gasteiger partial charge in [0.15, 0.2) is 0 Å². The maximum Gasteiger partial charge on any atom is 0.249 e. The summed E-state index contributed by atoms with van der Waals surface area (Å²) in [4.78, 5) is 60.5. The molecule has 9 nitrogen and oxygen atoms in total. The van der Waals surface area contributed by atoms with Crippen LogP contribution in [-0.4, -0.2) is 95.2 Å². The average Bonchev–Trinajstić information content (AvgIpc) is 3.57. The van der Waals surface area contributed by atoms with Crippen LogP contribution in [0.2, 0.25) is 0 Å². The minimum atomic E-state index is -0.719. The second-order valence-corrected chi connectivity index (χ2v) is 16.8. The van der Waals surface area contributed by atoms with Crippen LogP contribution in [0.5, 0.6) is 0 Å². The molecule has 2 aliphatic heterocycles. The fraction of sp³-hybridized carbons (Fsp3) is 0.854. The van der Waals surface area contributed by atoms with Crippen molar-refractivity contribution < 1.29 is 19.2 Å². The maximum atomic E-state index is 14.2. The van der Waals surface area contributed by atoms with Crippen molar-refractivity contribution in [3.8, 4) is 0 Å². The van der Waals surface area contributed by atoms with Crippen LogP contribution >= 0.6 is 0 Å². The molecule has 0 aromatic heterocycles. The normalized spacial score (nSPS) is 20.2. The van der Waals surface area contributed by atoms with Crippen molar-refractivity contribution in [2.45, 2.75) is 189 Å². The quantitative estimate of drug-likeness (QED) is 0.103. The van der Waals surface area contributed by atoms with Gasteiger partial charge in [-0.25, -0.2) is 0 Å². The Labute approximate surface area is 306 Å². The first-order valence-electron chi connectivity index (χ1n) is 20.2. The van der Waals surface area contributed by atoms with Crippen LogP contribution < -0.4 is 10.6 Å². The Morgan fingerprint density at radius 2 is 1.38 bits per heavy atom. The molecule has 0 bridgehead atoms. The Hall–Kier alpha value is -2.42. The van der Waals surface area contributed by atoms with E-state index in [1.807, 2.05) is 40.7 Å². The van der Waals surface area contributed by atoms with Crippen LogP contribution in [0.4, 0.5) is 0 Å². The minimum absolute atomic E-state index is 0.0246. The van der Waals surface area contributed by atoms with Gasteiger partial charge in [-0.3, -0.25) is 24.1 Å². The van der Waals surface area contributed by atoms with Gasteiger partial charge in [0.05, 0.1) is 12.1 Å². The van der Waals surface area contributed by atoms with Gasteiger partial charge in [0.1, 0.15) is 12.1 Å².